The van der Waals surface area contributed by atoms with Gasteiger partial charge in [0.25, 0.3) is 0 Å². The fourth-order valence-corrected chi connectivity index (χ4v) is 4.92. The van der Waals surface area contributed by atoms with Crippen molar-refractivity contribution in [3.05, 3.63) is 95.7 Å². The second-order valence-corrected chi connectivity index (χ2v) is 9.33. The highest BCUT2D eigenvalue weighted by Crippen LogP contribution is 2.36. The van der Waals surface area contributed by atoms with E-state index in [1.54, 1.807) is 0 Å². The molecule has 2 N–H and O–H groups in total. The first-order valence-electron chi connectivity index (χ1n) is 11.8. The van der Waals surface area contributed by atoms with Crippen LogP contribution in [-0.2, 0) is 9.53 Å². The minimum Gasteiger partial charge on any atom is -0.481 e. The number of carboxylic acid groups (broad SMARTS) is 1. The lowest BCUT2D eigenvalue weighted by atomic mass is 9.94. The normalized spacial score (nSPS) is 12.5. The summed E-state index contributed by atoms with van der Waals surface area (Å²) in [6, 6.07) is 25.2. The zero-order valence-electron chi connectivity index (χ0n) is 20.4. The van der Waals surface area contributed by atoms with Crippen LogP contribution in [-0.4, -0.2) is 21.5 Å². The summed E-state index contributed by atoms with van der Waals surface area (Å²) in [6.07, 6.45) is -0.359. The Morgan fingerprint density at radius 1 is 0.917 bits per heavy atom. The van der Waals surface area contributed by atoms with Crippen LogP contribution in [0.25, 0.3) is 21.6 Å². The van der Waals surface area contributed by atoms with Gasteiger partial charge in [0.1, 0.15) is 6.10 Å². The molecule has 1 heterocycles. The number of aliphatic carboxylic acids is 1. The summed E-state index contributed by atoms with van der Waals surface area (Å²) >= 11 is 1.32. The highest BCUT2D eigenvalue weighted by atomic mass is 32.1. The molecule has 0 aliphatic rings. The van der Waals surface area contributed by atoms with E-state index in [0.717, 1.165) is 38.4 Å². The molecule has 4 aromatic rings. The van der Waals surface area contributed by atoms with E-state index in [-0.39, 0.29) is 6.10 Å². The van der Waals surface area contributed by atoms with Gasteiger partial charge in [-0.05, 0) is 59.6 Å². The molecule has 184 valence electrons. The highest BCUT2D eigenvalue weighted by molar-refractivity contribution is 7.10. The van der Waals surface area contributed by atoms with Crippen molar-refractivity contribution in [1.82, 2.24) is 4.37 Å². The molecule has 1 aromatic heterocycles. The van der Waals surface area contributed by atoms with Crippen LogP contribution in [0.3, 0.4) is 0 Å². The van der Waals surface area contributed by atoms with Gasteiger partial charge in [0.15, 0.2) is 0 Å². The predicted molar refractivity (Wildman–Crippen MR) is 143 cm³/mol. The lowest BCUT2D eigenvalue weighted by Gasteiger charge is -2.15. The molecule has 0 spiro atoms. The minimum absolute atomic E-state index is 0.379. The van der Waals surface area contributed by atoms with Crippen molar-refractivity contribution in [2.75, 3.05) is 5.32 Å². The molecule has 0 aliphatic carbocycles. The first-order chi connectivity index (χ1) is 17.4. The number of hydrogen-bond acceptors (Lipinski definition) is 5. The number of nitrogens with one attached hydrogen (secondary N) is 1. The fraction of sp³-hybridized carbons (Fsp3) is 0.207. The van der Waals surface area contributed by atoms with Crippen LogP contribution in [0.5, 0.6) is 0 Å². The van der Waals surface area contributed by atoms with E-state index >= 15 is 0 Å². The number of ether oxygens (including phenoxy) is 1. The Kier molecular flexibility index (Phi) is 7.80. The first kappa shape index (κ1) is 25.1. The maximum Gasteiger partial charge on any atom is 0.412 e. The molecule has 4 rings (SSSR count). The lowest BCUT2D eigenvalue weighted by Crippen LogP contribution is -2.16. The standard InChI is InChI=1S/C29H28N2O4S/c1-4-25(28(32)33)23-14-10-21(11-15-23)22-12-16-24(17-13-22)27-26(18(2)31-36-27)30-29(34)35-19(3)20-8-6-5-7-9-20/h5-17,19,25H,4H2,1-3H3,(H,30,34)(H,32,33). The molecule has 7 heteroatoms. The summed E-state index contributed by atoms with van der Waals surface area (Å²) in [5, 5.41) is 12.3. The van der Waals surface area contributed by atoms with Crippen LogP contribution in [0.2, 0.25) is 0 Å². The van der Waals surface area contributed by atoms with Crippen molar-refractivity contribution in [2.24, 2.45) is 0 Å². The largest absolute Gasteiger partial charge is 0.481 e. The Morgan fingerprint density at radius 2 is 1.50 bits per heavy atom. The molecular formula is C29H28N2O4S. The van der Waals surface area contributed by atoms with E-state index in [4.69, 9.17) is 4.74 Å². The Hall–Kier alpha value is -3.97. The highest BCUT2D eigenvalue weighted by Gasteiger charge is 2.19. The molecule has 0 bridgehead atoms. The number of benzene rings is 3. The van der Waals surface area contributed by atoms with Crippen molar-refractivity contribution >= 4 is 29.3 Å². The van der Waals surface area contributed by atoms with Gasteiger partial charge in [0.05, 0.1) is 22.2 Å². The van der Waals surface area contributed by atoms with Crippen LogP contribution in [0.15, 0.2) is 78.9 Å². The van der Waals surface area contributed by atoms with Crippen LogP contribution in [0.4, 0.5) is 10.5 Å². The first-order valence-corrected chi connectivity index (χ1v) is 12.6. The van der Waals surface area contributed by atoms with Gasteiger partial charge in [-0.3, -0.25) is 10.1 Å². The number of anilines is 1. The number of carboxylic acids is 1. The molecule has 3 aromatic carbocycles. The molecule has 0 saturated carbocycles. The van der Waals surface area contributed by atoms with Gasteiger partial charge in [-0.25, -0.2) is 4.79 Å². The van der Waals surface area contributed by atoms with E-state index in [0.29, 0.717) is 12.1 Å². The van der Waals surface area contributed by atoms with Crippen LogP contribution in [0, 0.1) is 6.92 Å². The summed E-state index contributed by atoms with van der Waals surface area (Å²) < 4.78 is 10.0. The van der Waals surface area contributed by atoms with Crippen molar-refractivity contribution in [3.8, 4) is 21.6 Å². The van der Waals surface area contributed by atoms with Gasteiger partial charge in [-0.1, -0.05) is 85.8 Å². The average Bonchev–Trinajstić information content (AvgIpc) is 3.25. The van der Waals surface area contributed by atoms with Gasteiger partial charge < -0.3 is 9.84 Å². The average molecular weight is 501 g/mol. The molecule has 0 radical (unpaired) electrons. The maximum absolute atomic E-state index is 12.6. The molecule has 0 saturated heterocycles. The van der Waals surface area contributed by atoms with Crippen LogP contribution < -0.4 is 5.32 Å². The number of nitrogens with zero attached hydrogens (tertiary/aromatic N) is 1. The van der Waals surface area contributed by atoms with Crippen LogP contribution in [0.1, 0.15) is 49.1 Å². The molecule has 1 amide bonds. The Labute approximate surface area is 214 Å². The summed E-state index contributed by atoms with van der Waals surface area (Å²) in [6.45, 7) is 5.57. The lowest BCUT2D eigenvalue weighted by molar-refractivity contribution is -0.138. The SMILES string of the molecule is CCC(C(=O)O)c1ccc(-c2ccc(-c3snc(C)c3NC(=O)OC(C)c3ccccc3)cc2)cc1. The van der Waals surface area contributed by atoms with Crippen LogP contribution >= 0.6 is 11.5 Å². The van der Waals surface area contributed by atoms with Gasteiger partial charge in [0.2, 0.25) is 0 Å². The summed E-state index contributed by atoms with van der Waals surface area (Å²) in [7, 11) is 0. The van der Waals surface area contributed by atoms with Crippen molar-refractivity contribution in [1.29, 1.82) is 0 Å². The molecule has 0 aliphatic heterocycles. The number of rotatable bonds is 8. The van der Waals surface area contributed by atoms with Gasteiger partial charge in [-0.15, -0.1) is 0 Å². The molecule has 2 unspecified atom stereocenters. The smallest absolute Gasteiger partial charge is 0.412 e. The number of hydrogen-bond donors (Lipinski definition) is 2. The second kappa shape index (κ2) is 11.2. The van der Waals surface area contributed by atoms with Crippen molar-refractivity contribution in [3.63, 3.8) is 0 Å². The molecule has 6 nitrogen and oxygen atoms in total. The Balaban J connectivity index is 1.48. The van der Waals surface area contributed by atoms with Crippen molar-refractivity contribution in [2.45, 2.75) is 39.2 Å². The number of aryl methyl sites for hydroxylation is 1. The van der Waals surface area contributed by atoms with Gasteiger partial charge >= 0.3 is 12.1 Å². The third-order valence-electron chi connectivity index (χ3n) is 6.14. The molecule has 0 fully saturated rings. The van der Waals surface area contributed by atoms with E-state index in [1.807, 2.05) is 99.6 Å². The molecular weight excluding hydrogens is 472 g/mol. The summed E-state index contributed by atoms with van der Waals surface area (Å²) in [4.78, 5) is 24.9. The van der Waals surface area contributed by atoms with E-state index in [9.17, 15) is 14.7 Å². The third kappa shape index (κ3) is 5.63. The molecule has 2 atom stereocenters. The topological polar surface area (TPSA) is 88.5 Å². The van der Waals surface area contributed by atoms with Crippen molar-refractivity contribution < 1.29 is 19.4 Å². The minimum atomic E-state index is -0.808. The zero-order chi connectivity index (χ0) is 25.7. The zero-order valence-corrected chi connectivity index (χ0v) is 21.2. The van der Waals surface area contributed by atoms with Gasteiger partial charge in [0, 0.05) is 0 Å². The molecule has 36 heavy (non-hydrogen) atoms. The Morgan fingerprint density at radius 3 is 2.08 bits per heavy atom. The number of carbonyl (C=O) groups excluding carboxylic acids is 1. The number of carbonyl (C=O) groups is 2. The predicted octanol–water partition coefficient (Wildman–Crippen LogP) is 7.67. The monoisotopic (exact) mass is 500 g/mol. The van der Waals surface area contributed by atoms with Gasteiger partial charge in [-0.2, -0.15) is 4.37 Å². The van der Waals surface area contributed by atoms with E-state index in [2.05, 4.69) is 9.69 Å². The summed E-state index contributed by atoms with van der Waals surface area (Å²) in [5.74, 6) is -1.30. The van der Waals surface area contributed by atoms with E-state index in [1.165, 1.54) is 11.5 Å². The number of amides is 1. The third-order valence-corrected chi connectivity index (χ3v) is 7.13. The Bertz CT molecular complexity index is 1330. The number of aromatic nitrogens is 1. The maximum atomic E-state index is 12.6. The fourth-order valence-electron chi connectivity index (χ4n) is 4.07. The second-order valence-electron chi connectivity index (χ2n) is 8.55. The van der Waals surface area contributed by atoms with E-state index < -0.39 is 18.0 Å². The quantitative estimate of drug-likeness (QED) is 0.259. The summed E-state index contributed by atoms with van der Waals surface area (Å²) in [5.41, 5.74) is 6.04.